The summed E-state index contributed by atoms with van der Waals surface area (Å²) in [6.07, 6.45) is 11.8. The molecule has 36 heavy (non-hydrogen) atoms. The molecule has 0 radical (unpaired) electrons. The average Bonchev–Trinajstić information content (AvgIpc) is 3.27. The van der Waals surface area contributed by atoms with Gasteiger partial charge in [-0.2, -0.15) is 4.31 Å². The highest BCUT2D eigenvalue weighted by Gasteiger charge is 2.38. The summed E-state index contributed by atoms with van der Waals surface area (Å²) in [5.74, 6) is -0.679. The zero-order valence-corrected chi connectivity index (χ0v) is 21.2. The molecule has 6 nitrogen and oxygen atoms in total. The molecule has 8 heteroatoms. The molecule has 2 saturated carbocycles. The molecule has 0 bridgehead atoms. The van der Waals surface area contributed by atoms with Gasteiger partial charge in [0.2, 0.25) is 15.9 Å². The highest BCUT2D eigenvalue weighted by molar-refractivity contribution is 7.89. The lowest BCUT2D eigenvalue weighted by Gasteiger charge is -2.40. The van der Waals surface area contributed by atoms with E-state index in [-0.39, 0.29) is 29.3 Å². The Balaban J connectivity index is 1.30. The lowest BCUT2D eigenvalue weighted by atomic mass is 9.91. The largest absolute Gasteiger partial charge is 0.464 e. The zero-order valence-electron chi connectivity index (χ0n) is 20.4. The van der Waals surface area contributed by atoms with E-state index in [1.54, 1.807) is 24.3 Å². The Morgan fingerprint density at radius 2 is 1.53 bits per heavy atom. The van der Waals surface area contributed by atoms with Crippen LogP contribution in [-0.2, 0) is 21.2 Å². The van der Waals surface area contributed by atoms with Crippen LogP contribution in [0.4, 0.5) is 10.1 Å². The quantitative estimate of drug-likeness (QED) is 0.397. The van der Waals surface area contributed by atoms with Crippen LogP contribution in [0, 0.1) is 5.82 Å². The minimum absolute atomic E-state index is 0.0215. The number of rotatable bonds is 7. The van der Waals surface area contributed by atoms with Crippen molar-refractivity contribution in [3.8, 4) is 0 Å². The van der Waals surface area contributed by atoms with Gasteiger partial charge < -0.3 is 9.73 Å². The fraction of sp³-hybridized carbons (Fsp3) is 0.464. The van der Waals surface area contributed by atoms with Gasteiger partial charge in [0.1, 0.15) is 11.4 Å². The number of nitrogens with zero attached hydrogens (tertiary/aromatic N) is 1. The summed E-state index contributed by atoms with van der Waals surface area (Å²) < 4.78 is 48.5. The van der Waals surface area contributed by atoms with Gasteiger partial charge in [0.25, 0.3) is 0 Å². The van der Waals surface area contributed by atoms with Crippen LogP contribution in [-0.4, -0.2) is 30.7 Å². The van der Waals surface area contributed by atoms with Crippen molar-refractivity contribution in [3.05, 3.63) is 60.1 Å². The summed E-state index contributed by atoms with van der Waals surface area (Å²) in [4.78, 5) is 12.9. The highest BCUT2D eigenvalue weighted by Crippen LogP contribution is 2.35. The van der Waals surface area contributed by atoms with E-state index in [2.05, 4.69) is 5.32 Å². The second kappa shape index (κ2) is 10.7. The highest BCUT2D eigenvalue weighted by atomic mass is 32.2. The summed E-state index contributed by atoms with van der Waals surface area (Å²) in [5, 5.41) is 3.38. The molecule has 1 heterocycles. The Hall–Kier alpha value is -2.71. The molecule has 2 fully saturated rings. The molecule has 3 aromatic rings. The molecular formula is C28H33FN2O4S. The SMILES string of the molecule is O=C(Cc1coc2ccc(F)cc12)Nc1ccc(S(=O)(=O)N(C2CCCCC2)C2CCCCC2)cc1. The average molecular weight is 513 g/mol. The van der Waals surface area contributed by atoms with Crippen LogP contribution in [0.3, 0.4) is 0 Å². The predicted molar refractivity (Wildman–Crippen MR) is 138 cm³/mol. The normalized spacial score (nSPS) is 18.1. The second-order valence-electron chi connectivity index (χ2n) is 10.1. The summed E-state index contributed by atoms with van der Waals surface area (Å²) in [6.45, 7) is 0. The maximum atomic E-state index is 13.8. The van der Waals surface area contributed by atoms with Crippen molar-refractivity contribution in [3.63, 3.8) is 0 Å². The fourth-order valence-electron chi connectivity index (χ4n) is 5.76. The fourth-order valence-corrected chi connectivity index (χ4v) is 7.69. The smallest absolute Gasteiger partial charge is 0.243 e. The first-order chi connectivity index (χ1) is 17.4. The maximum Gasteiger partial charge on any atom is 0.243 e. The first kappa shape index (κ1) is 25.0. The second-order valence-corrected chi connectivity index (χ2v) is 11.9. The number of anilines is 1. The standard InChI is InChI=1S/C28H33FN2O4S/c29-21-11-16-27-26(18-21)20(19-35-27)17-28(32)30-22-12-14-25(15-13-22)36(33,34)31(23-7-3-1-4-8-23)24-9-5-2-6-10-24/h11-16,18-19,23-24H,1-10,17H2,(H,30,32). The Labute approximate surface area is 211 Å². The number of nitrogens with one attached hydrogen (secondary N) is 1. The molecule has 0 saturated heterocycles. The van der Waals surface area contributed by atoms with Crippen molar-refractivity contribution < 1.29 is 22.0 Å². The first-order valence-electron chi connectivity index (χ1n) is 13.0. The van der Waals surface area contributed by atoms with Crippen LogP contribution in [0.2, 0.25) is 0 Å². The number of fused-ring (bicyclic) bond motifs is 1. The Morgan fingerprint density at radius 1 is 0.917 bits per heavy atom. The van der Waals surface area contributed by atoms with E-state index in [0.29, 0.717) is 22.2 Å². The summed E-state index contributed by atoms with van der Waals surface area (Å²) in [6, 6.07) is 10.8. The molecular weight excluding hydrogens is 479 g/mol. The van der Waals surface area contributed by atoms with Gasteiger partial charge in [-0.3, -0.25) is 4.79 Å². The van der Waals surface area contributed by atoms with E-state index >= 15 is 0 Å². The number of hydrogen-bond donors (Lipinski definition) is 1. The number of carbonyl (C=O) groups excluding carboxylic acids is 1. The summed E-state index contributed by atoms with van der Waals surface area (Å²) in [7, 11) is -3.64. The number of sulfonamides is 1. The number of halogens is 1. The van der Waals surface area contributed by atoms with E-state index in [0.717, 1.165) is 51.4 Å². The van der Waals surface area contributed by atoms with Crippen molar-refractivity contribution in [2.45, 2.75) is 87.6 Å². The van der Waals surface area contributed by atoms with Gasteiger partial charge >= 0.3 is 0 Å². The zero-order chi connectivity index (χ0) is 25.1. The van der Waals surface area contributed by atoms with Crippen LogP contribution in [0.25, 0.3) is 11.0 Å². The number of furan rings is 1. The molecule has 192 valence electrons. The van der Waals surface area contributed by atoms with Gasteiger partial charge in [0.15, 0.2) is 0 Å². The topological polar surface area (TPSA) is 79.6 Å². The van der Waals surface area contributed by atoms with E-state index in [1.165, 1.54) is 37.3 Å². The third-order valence-corrected chi connectivity index (χ3v) is 9.57. The van der Waals surface area contributed by atoms with Crippen LogP contribution in [0.15, 0.2) is 58.0 Å². The maximum absolute atomic E-state index is 13.8. The molecule has 0 unspecified atom stereocenters. The van der Waals surface area contributed by atoms with Gasteiger partial charge in [-0.15, -0.1) is 0 Å². The number of carbonyl (C=O) groups is 1. The third kappa shape index (κ3) is 5.34. The van der Waals surface area contributed by atoms with E-state index in [4.69, 9.17) is 4.42 Å². The van der Waals surface area contributed by atoms with Gasteiger partial charge in [-0.25, -0.2) is 12.8 Å². The number of amides is 1. The van der Waals surface area contributed by atoms with E-state index in [1.807, 2.05) is 4.31 Å². The molecule has 1 amide bonds. The third-order valence-electron chi connectivity index (χ3n) is 7.55. The molecule has 5 rings (SSSR count). The van der Waals surface area contributed by atoms with Crippen molar-refractivity contribution in [2.24, 2.45) is 0 Å². The van der Waals surface area contributed by atoms with Crippen molar-refractivity contribution in [1.82, 2.24) is 4.31 Å². The lowest BCUT2D eigenvalue weighted by Crippen LogP contribution is -2.48. The molecule has 2 aromatic carbocycles. The number of hydrogen-bond acceptors (Lipinski definition) is 4. The molecule has 2 aliphatic rings. The minimum Gasteiger partial charge on any atom is -0.464 e. The monoisotopic (exact) mass is 512 g/mol. The Kier molecular flexibility index (Phi) is 7.44. The molecule has 0 atom stereocenters. The molecule has 0 aliphatic heterocycles. The van der Waals surface area contributed by atoms with E-state index in [9.17, 15) is 17.6 Å². The molecule has 0 spiro atoms. The first-order valence-corrected chi connectivity index (χ1v) is 14.4. The lowest BCUT2D eigenvalue weighted by molar-refractivity contribution is -0.115. The minimum atomic E-state index is -3.64. The van der Waals surface area contributed by atoms with Crippen LogP contribution in [0.1, 0.15) is 69.8 Å². The summed E-state index contributed by atoms with van der Waals surface area (Å²) in [5.41, 5.74) is 1.63. The van der Waals surface area contributed by atoms with Gasteiger partial charge in [-0.1, -0.05) is 38.5 Å². The Morgan fingerprint density at radius 3 is 2.14 bits per heavy atom. The van der Waals surface area contributed by atoms with Gasteiger partial charge in [-0.05, 0) is 68.1 Å². The summed E-state index contributed by atoms with van der Waals surface area (Å²) >= 11 is 0. The van der Waals surface area contributed by atoms with Crippen molar-refractivity contribution in [2.75, 3.05) is 5.32 Å². The van der Waals surface area contributed by atoms with Crippen molar-refractivity contribution in [1.29, 1.82) is 0 Å². The predicted octanol–water partition coefficient (Wildman–Crippen LogP) is 6.41. The molecule has 1 N–H and O–H groups in total. The van der Waals surface area contributed by atoms with Crippen LogP contribution < -0.4 is 5.32 Å². The molecule has 1 aromatic heterocycles. The van der Waals surface area contributed by atoms with Crippen LogP contribution >= 0.6 is 0 Å². The Bertz CT molecular complexity index is 1290. The van der Waals surface area contributed by atoms with Crippen molar-refractivity contribution >= 4 is 32.6 Å². The van der Waals surface area contributed by atoms with Crippen LogP contribution in [0.5, 0.6) is 0 Å². The molecule has 2 aliphatic carbocycles. The van der Waals surface area contributed by atoms with Gasteiger partial charge in [0.05, 0.1) is 17.6 Å². The van der Waals surface area contributed by atoms with E-state index < -0.39 is 15.8 Å². The number of benzene rings is 2. The van der Waals surface area contributed by atoms with Gasteiger partial charge in [0, 0.05) is 28.7 Å².